The van der Waals surface area contributed by atoms with Crippen LogP contribution in [-0.2, 0) is 14.8 Å². The van der Waals surface area contributed by atoms with E-state index in [2.05, 4.69) is 0 Å². The van der Waals surface area contributed by atoms with Gasteiger partial charge in [0.05, 0.1) is 11.8 Å². The Hall–Kier alpha value is -0.660. The van der Waals surface area contributed by atoms with Crippen LogP contribution >= 0.6 is 0 Å². The van der Waals surface area contributed by atoms with E-state index >= 15 is 0 Å². The molecule has 7 heteroatoms. The zero-order chi connectivity index (χ0) is 9.35. The van der Waals surface area contributed by atoms with Gasteiger partial charge >= 0.3 is 0 Å². The summed E-state index contributed by atoms with van der Waals surface area (Å²) in [6.45, 7) is -0.386. The summed E-state index contributed by atoms with van der Waals surface area (Å²) in [4.78, 5) is 10.8. The highest BCUT2D eigenvalue weighted by Gasteiger charge is 2.40. The second kappa shape index (κ2) is 3.00. The van der Waals surface area contributed by atoms with Crippen molar-refractivity contribution in [2.75, 3.05) is 6.54 Å². The monoisotopic (exact) mass is 193 g/mol. The minimum absolute atomic E-state index is 0.255. The number of nitrogens with two attached hydrogens (primary N) is 2. The van der Waals surface area contributed by atoms with E-state index in [1.807, 2.05) is 0 Å². The van der Waals surface area contributed by atoms with Crippen molar-refractivity contribution in [1.82, 2.24) is 4.41 Å². The molecular formula is C5H11N3O3S. The molecule has 70 valence electrons. The van der Waals surface area contributed by atoms with Gasteiger partial charge in [-0.2, -0.15) is 4.41 Å². The van der Waals surface area contributed by atoms with Crippen LogP contribution in [0.4, 0.5) is 0 Å². The maximum absolute atomic E-state index is 11.2. The van der Waals surface area contributed by atoms with Crippen molar-refractivity contribution in [2.45, 2.75) is 18.1 Å². The van der Waals surface area contributed by atoms with E-state index in [0.29, 0.717) is 12.8 Å². The Kier molecular flexibility index (Phi) is 2.36. The van der Waals surface area contributed by atoms with Crippen LogP contribution in [0.3, 0.4) is 0 Å². The van der Waals surface area contributed by atoms with Crippen LogP contribution < -0.4 is 11.6 Å². The smallest absolute Gasteiger partial charge is 0.264 e. The zero-order valence-corrected chi connectivity index (χ0v) is 7.25. The van der Waals surface area contributed by atoms with Gasteiger partial charge in [-0.25, -0.2) is 14.3 Å². The molecular weight excluding hydrogens is 182 g/mol. The molecule has 0 aromatic carbocycles. The first-order valence-corrected chi connectivity index (χ1v) is 5.02. The lowest BCUT2D eigenvalue weighted by molar-refractivity contribution is -0.125. The van der Waals surface area contributed by atoms with E-state index in [-0.39, 0.29) is 11.0 Å². The van der Waals surface area contributed by atoms with Crippen molar-refractivity contribution in [3.8, 4) is 0 Å². The van der Waals surface area contributed by atoms with Crippen LogP contribution in [0.5, 0.6) is 0 Å². The molecule has 0 atom stereocenters. The summed E-state index contributed by atoms with van der Waals surface area (Å²) in [5, 5.41) is -0.474. The minimum Gasteiger partial charge on any atom is -0.322 e. The SMILES string of the molecule is NCC(=O)N(N)S(=O)(=O)C1CC1. The summed E-state index contributed by atoms with van der Waals surface area (Å²) in [5.74, 6) is 4.29. The van der Waals surface area contributed by atoms with Crippen LogP contribution in [0.2, 0.25) is 0 Å². The first-order chi connectivity index (χ1) is 5.50. The number of hydrazine groups is 1. The maximum Gasteiger partial charge on any atom is 0.264 e. The number of hydrogen-bond acceptors (Lipinski definition) is 5. The number of carbonyl (C=O) groups is 1. The van der Waals surface area contributed by atoms with Crippen molar-refractivity contribution in [2.24, 2.45) is 11.6 Å². The molecule has 0 aliphatic heterocycles. The number of hydrogen-bond donors (Lipinski definition) is 2. The highest BCUT2D eigenvalue weighted by molar-refractivity contribution is 7.90. The van der Waals surface area contributed by atoms with Gasteiger partial charge < -0.3 is 5.73 Å². The van der Waals surface area contributed by atoms with Crippen molar-refractivity contribution in [1.29, 1.82) is 0 Å². The predicted octanol–water partition coefficient (Wildman–Crippen LogP) is -1.86. The Labute approximate surface area is 70.5 Å². The van der Waals surface area contributed by atoms with Crippen molar-refractivity contribution < 1.29 is 13.2 Å². The first kappa shape index (κ1) is 9.43. The van der Waals surface area contributed by atoms with Gasteiger partial charge in [-0.1, -0.05) is 0 Å². The van der Waals surface area contributed by atoms with E-state index in [1.54, 1.807) is 0 Å². The molecule has 1 aliphatic carbocycles. The fourth-order valence-electron chi connectivity index (χ4n) is 0.758. The molecule has 0 radical (unpaired) electrons. The molecule has 0 unspecified atom stereocenters. The summed E-state index contributed by atoms with van der Waals surface area (Å²) >= 11 is 0. The minimum atomic E-state index is -3.60. The van der Waals surface area contributed by atoms with E-state index < -0.39 is 21.2 Å². The van der Waals surface area contributed by atoms with Crippen LogP contribution in [0.15, 0.2) is 0 Å². The lowest BCUT2D eigenvalue weighted by Gasteiger charge is -2.14. The first-order valence-electron chi connectivity index (χ1n) is 3.52. The normalized spacial score (nSPS) is 17.5. The Bertz CT molecular complexity index is 282. The molecule has 1 amide bonds. The number of rotatable bonds is 3. The van der Waals surface area contributed by atoms with E-state index in [9.17, 15) is 13.2 Å². The lowest BCUT2D eigenvalue weighted by atomic mass is 10.6. The van der Waals surface area contributed by atoms with Crippen molar-refractivity contribution in [3.05, 3.63) is 0 Å². The van der Waals surface area contributed by atoms with E-state index in [4.69, 9.17) is 11.6 Å². The van der Waals surface area contributed by atoms with Crippen LogP contribution in [0, 0.1) is 0 Å². The molecule has 1 aliphatic rings. The van der Waals surface area contributed by atoms with E-state index in [0.717, 1.165) is 0 Å². The molecule has 0 heterocycles. The summed E-state index contributed by atoms with van der Waals surface area (Å²) in [6.07, 6.45) is 1.15. The standard InChI is InChI=1S/C5H11N3O3S/c6-3-5(9)8(7)12(10,11)4-1-2-4/h4H,1-3,6-7H2. The van der Waals surface area contributed by atoms with Gasteiger partial charge in [-0.3, -0.25) is 4.79 Å². The van der Waals surface area contributed by atoms with Gasteiger partial charge in [0, 0.05) is 0 Å². The van der Waals surface area contributed by atoms with Crippen LogP contribution in [0.1, 0.15) is 12.8 Å². The largest absolute Gasteiger partial charge is 0.322 e. The van der Waals surface area contributed by atoms with Crippen LogP contribution in [-0.4, -0.2) is 30.5 Å². The molecule has 1 rings (SSSR count). The quantitative estimate of drug-likeness (QED) is 0.310. The van der Waals surface area contributed by atoms with Gasteiger partial charge in [0.15, 0.2) is 0 Å². The predicted molar refractivity (Wildman–Crippen MR) is 42.0 cm³/mol. The summed E-state index contributed by atoms with van der Waals surface area (Å²) in [5.41, 5.74) is 4.95. The van der Waals surface area contributed by atoms with Gasteiger partial charge in [0.1, 0.15) is 0 Å². The third-order valence-corrected chi connectivity index (χ3v) is 3.71. The summed E-state index contributed by atoms with van der Waals surface area (Å²) in [7, 11) is -3.60. The fraction of sp³-hybridized carbons (Fsp3) is 0.800. The number of amides is 1. The third kappa shape index (κ3) is 1.57. The van der Waals surface area contributed by atoms with Crippen LogP contribution in [0.25, 0.3) is 0 Å². The number of sulfonamides is 1. The molecule has 0 spiro atoms. The van der Waals surface area contributed by atoms with Gasteiger partial charge in [0.25, 0.3) is 15.9 Å². The molecule has 1 saturated carbocycles. The summed E-state index contributed by atoms with van der Waals surface area (Å²) in [6, 6.07) is 0. The fourth-order valence-corrected chi connectivity index (χ4v) is 2.17. The number of nitrogens with zero attached hydrogens (tertiary/aromatic N) is 1. The van der Waals surface area contributed by atoms with Crippen molar-refractivity contribution in [3.63, 3.8) is 0 Å². The average molecular weight is 193 g/mol. The average Bonchev–Trinajstić information content (AvgIpc) is 2.83. The summed E-state index contributed by atoms with van der Waals surface area (Å²) < 4.78 is 22.7. The Morgan fingerprint density at radius 2 is 2.00 bits per heavy atom. The molecule has 12 heavy (non-hydrogen) atoms. The molecule has 6 nitrogen and oxygen atoms in total. The van der Waals surface area contributed by atoms with E-state index in [1.165, 1.54) is 0 Å². The molecule has 0 aromatic rings. The molecule has 0 bridgehead atoms. The Balaban J connectivity index is 2.74. The second-order valence-electron chi connectivity index (χ2n) is 2.64. The van der Waals surface area contributed by atoms with Gasteiger partial charge in [-0.15, -0.1) is 0 Å². The Morgan fingerprint density at radius 3 is 2.33 bits per heavy atom. The van der Waals surface area contributed by atoms with Crippen molar-refractivity contribution >= 4 is 15.9 Å². The van der Waals surface area contributed by atoms with Gasteiger partial charge in [0.2, 0.25) is 0 Å². The highest BCUT2D eigenvalue weighted by atomic mass is 32.2. The number of carbonyl (C=O) groups excluding carboxylic acids is 1. The zero-order valence-electron chi connectivity index (χ0n) is 6.43. The molecule has 0 aromatic heterocycles. The lowest BCUT2D eigenvalue weighted by Crippen LogP contribution is -2.47. The van der Waals surface area contributed by atoms with Gasteiger partial charge in [-0.05, 0) is 12.8 Å². The third-order valence-electron chi connectivity index (χ3n) is 1.64. The maximum atomic E-state index is 11.2. The topological polar surface area (TPSA) is 106 Å². The molecule has 0 saturated heterocycles. The molecule has 1 fully saturated rings. The second-order valence-corrected chi connectivity index (χ2v) is 4.73. The Morgan fingerprint density at radius 1 is 1.50 bits per heavy atom. The molecule has 4 N–H and O–H groups in total. The highest BCUT2D eigenvalue weighted by Crippen LogP contribution is 2.29.